The van der Waals surface area contributed by atoms with Crippen LogP contribution in [-0.2, 0) is 9.53 Å². The molecule has 2 nitrogen and oxygen atoms in total. The number of halogens is 1. The molecule has 0 N–H and O–H groups in total. The molecule has 1 aliphatic carbocycles. The Bertz CT molecular complexity index is 256. The van der Waals surface area contributed by atoms with Crippen molar-refractivity contribution in [1.82, 2.24) is 0 Å². The first-order valence-corrected chi connectivity index (χ1v) is 4.23. The van der Waals surface area contributed by atoms with Gasteiger partial charge in [0.2, 0.25) is 0 Å². The largest absolute Gasteiger partial charge is 0.469 e. The molecule has 3 heteroatoms. The number of esters is 1. The number of alkyl halides is 1. The normalized spacial score (nSPS) is 26.8. The maximum Gasteiger partial charge on any atom is 0.309 e. The number of carbonyl (C=O) groups excluding carboxylic acids is 1. The summed E-state index contributed by atoms with van der Waals surface area (Å²) < 4.78 is 17.6. The van der Waals surface area contributed by atoms with Crippen molar-refractivity contribution in [3.05, 3.63) is 23.8 Å². The topological polar surface area (TPSA) is 26.3 Å². The first-order valence-electron chi connectivity index (χ1n) is 4.23. The van der Waals surface area contributed by atoms with Crippen LogP contribution in [0.25, 0.3) is 0 Å². The van der Waals surface area contributed by atoms with E-state index in [1.165, 1.54) is 13.2 Å². The van der Waals surface area contributed by atoms with Crippen LogP contribution >= 0.6 is 0 Å². The van der Waals surface area contributed by atoms with Crippen molar-refractivity contribution in [3.63, 3.8) is 0 Å². The minimum absolute atomic E-state index is 0.0959. The van der Waals surface area contributed by atoms with Gasteiger partial charge in [-0.15, -0.1) is 0 Å². The molecule has 0 amide bonds. The molecule has 2 unspecified atom stereocenters. The molecule has 1 rings (SSSR count). The second-order valence-corrected chi connectivity index (χ2v) is 3.16. The lowest BCUT2D eigenvalue weighted by atomic mass is 9.95. The van der Waals surface area contributed by atoms with Crippen molar-refractivity contribution < 1.29 is 13.9 Å². The maximum atomic E-state index is 13.1. The van der Waals surface area contributed by atoms with Crippen LogP contribution in [0.5, 0.6) is 0 Å². The van der Waals surface area contributed by atoms with Gasteiger partial charge in [-0.25, -0.2) is 4.39 Å². The van der Waals surface area contributed by atoms with Crippen LogP contribution in [0.1, 0.15) is 13.3 Å². The van der Waals surface area contributed by atoms with Crippen LogP contribution in [-0.4, -0.2) is 19.3 Å². The van der Waals surface area contributed by atoms with Gasteiger partial charge in [0.1, 0.15) is 6.17 Å². The molecule has 0 fully saturated rings. The second-order valence-electron chi connectivity index (χ2n) is 3.16. The van der Waals surface area contributed by atoms with Gasteiger partial charge in [0.15, 0.2) is 0 Å². The van der Waals surface area contributed by atoms with E-state index in [9.17, 15) is 9.18 Å². The highest BCUT2D eigenvalue weighted by molar-refractivity contribution is 5.73. The van der Waals surface area contributed by atoms with Gasteiger partial charge < -0.3 is 4.74 Å². The zero-order valence-corrected chi connectivity index (χ0v) is 7.79. The van der Waals surface area contributed by atoms with Gasteiger partial charge in [0, 0.05) is 5.92 Å². The van der Waals surface area contributed by atoms with Gasteiger partial charge >= 0.3 is 5.97 Å². The predicted octanol–water partition coefficient (Wildman–Crippen LogP) is 2.02. The highest BCUT2D eigenvalue weighted by atomic mass is 19.1. The summed E-state index contributed by atoms with van der Waals surface area (Å²) >= 11 is 0. The van der Waals surface area contributed by atoms with Crippen molar-refractivity contribution in [2.45, 2.75) is 19.5 Å². The van der Waals surface area contributed by atoms with Gasteiger partial charge in [0.25, 0.3) is 0 Å². The Hall–Kier alpha value is -1.12. The van der Waals surface area contributed by atoms with E-state index in [2.05, 4.69) is 4.74 Å². The number of hydrogen-bond donors (Lipinski definition) is 0. The number of ether oxygens (including phenoxy) is 1. The van der Waals surface area contributed by atoms with Crippen molar-refractivity contribution in [3.8, 4) is 0 Å². The quantitative estimate of drug-likeness (QED) is 0.614. The zero-order chi connectivity index (χ0) is 9.84. The summed E-state index contributed by atoms with van der Waals surface area (Å²) in [6, 6.07) is 0. The monoisotopic (exact) mass is 184 g/mol. The number of allylic oxidation sites excluding steroid dienone is 3. The molecule has 72 valence electrons. The minimum Gasteiger partial charge on any atom is -0.469 e. The summed E-state index contributed by atoms with van der Waals surface area (Å²) in [5, 5.41) is 0. The lowest BCUT2D eigenvalue weighted by Crippen LogP contribution is -2.13. The maximum absolute atomic E-state index is 13.1. The van der Waals surface area contributed by atoms with E-state index >= 15 is 0 Å². The SMILES string of the molecule is COC(=O)CC1=CC(F)C(C)C=C1. The fourth-order valence-electron chi connectivity index (χ4n) is 1.15. The predicted molar refractivity (Wildman–Crippen MR) is 47.9 cm³/mol. The summed E-state index contributed by atoms with van der Waals surface area (Å²) in [5.41, 5.74) is 0.692. The number of rotatable bonds is 2. The third-order valence-electron chi connectivity index (χ3n) is 2.07. The van der Waals surface area contributed by atoms with Gasteiger partial charge in [-0.05, 0) is 11.6 Å². The Balaban J connectivity index is 2.58. The molecule has 2 atom stereocenters. The van der Waals surface area contributed by atoms with Crippen molar-refractivity contribution in [2.24, 2.45) is 5.92 Å². The molecule has 0 heterocycles. The Morgan fingerprint density at radius 3 is 2.92 bits per heavy atom. The van der Waals surface area contributed by atoms with Crippen LogP contribution in [0.15, 0.2) is 23.8 Å². The molecule has 0 radical (unpaired) electrons. The average Bonchev–Trinajstić information content (AvgIpc) is 2.11. The van der Waals surface area contributed by atoms with Crippen LogP contribution in [0.2, 0.25) is 0 Å². The van der Waals surface area contributed by atoms with Gasteiger partial charge in [-0.2, -0.15) is 0 Å². The molecule has 0 saturated heterocycles. The molecule has 0 spiro atoms. The Morgan fingerprint density at radius 2 is 2.38 bits per heavy atom. The number of methoxy groups -OCH3 is 1. The van der Waals surface area contributed by atoms with E-state index in [1.54, 1.807) is 19.1 Å². The van der Waals surface area contributed by atoms with Gasteiger partial charge in [-0.3, -0.25) is 4.79 Å². The molecule has 0 saturated carbocycles. The summed E-state index contributed by atoms with van der Waals surface area (Å²) in [7, 11) is 1.32. The minimum atomic E-state index is -0.982. The molecule has 0 aromatic carbocycles. The van der Waals surface area contributed by atoms with Crippen LogP contribution in [0, 0.1) is 5.92 Å². The second kappa shape index (κ2) is 4.21. The third-order valence-corrected chi connectivity index (χ3v) is 2.07. The number of hydrogen-bond acceptors (Lipinski definition) is 2. The fraction of sp³-hybridized carbons (Fsp3) is 0.500. The fourth-order valence-corrected chi connectivity index (χ4v) is 1.15. The highest BCUT2D eigenvalue weighted by Gasteiger charge is 2.16. The molecule has 0 aliphatic heterocycles. The van der Waals surface area contributed by atoms with Crippen molar-refractivity contribution in [2.75, 3.05) is 7.11 Å². The van der Waals surface area contributed by atoms with Gasteiger partial charge in [-0.1, -0.05) is 19.1 Å². The Kier molecular flexibility index (Phi) is 3.23. The Morgan fingerprint density at radius 1 is 1.69 bits per heavy atom. The summed E-state index contributed by atoms with van der Waals surface area (Å²) in [6.07, 6.45) is 4.19. The summed E-state index contributed by atoms with van der Waals surface area (Å²) in [6.45, 7) is 1.80. The molecule has 0 aromatic rings. The van der Waals surface area contributed by atoms with Crippen LogP contribution in [0.3, 0.4) is 0 Å². The lowest BCUT2D eigenvalue weighted by Gasteiger charge is -2.15. The van der Waals surface area contributed by atoms with Gasteiger partial charge in [0.05, 0.1) is 13.5 Å². The molecule has 1 aliphatic rings. The highest BCUT2D eigenvalue weighted by Crippen LogP contribution is 2.21. The molecular formula is C10H13FO2. The summed E-state index contributed by atoms with van der Waals surface area (Å²) in [4.78, 5) is 10.8. The summed E-state index contributed by atoms with van der Waals surface area (Å²) in [5.74, 6) is -0.431. The van der Waals surface area contributed by atoms with Crippen molar-refractivity contribution >= 4 is 5.97 Å². The molecule has 0 aromatic heterocycles. The first-order chi connectivity index (χ1) is 6.13. The third kappa shape index (κ3) is 2.68. The average molecular weight is 184 g/mol. The molecular weight excluding hydrogens is 171 g/mol. The van der Waals surface area contributed by atoms with Crippen LogP contribution in [0.4, 0.5) is 4.39 Å². The van der Waals surface area contributed by atoms with E-state index in [0.717, 1.165) is 0 Å². The van der Waals surface area contributed by atoms with E-state index in [1.807, 2.05) is 0 Å². The Labute approximate surface area is 77.1 Å². The standard InChI is InChI=1S/C10H13FO2/c1-7-3-4-8(5-9(7)11)6-10(12)13-2/h3-5,7,9H,6H2,1-2H3. The van der Waals surface area contributed by atoms with E-state index in [0.29, 0.717) is 5.57 Å². The van der Waals surface area contributed by atoms with E-state index in [4.69, 9.17) is 0 Å². The molecule has 13 heavy (non-hydrogen) atoms. The molecule has 0 bridgehead atoms. The van der Waals surface area contributed by atoms with E-state index < -0.39 is 6.17 Å². The van der Waals surface area contributed by atoms with Crippen molar-refractivity contribution in [1.29, 1.82) is 0 Å². The van der Waals surface area contributed by atoms with E-state index in [-0.39, 0.29) is 18.3 Å². The lowest BCUT2D eigenvalue weighted by molar-refractivity contribution is -0.139. The zero-order valence-electron chi connectivity index (χ0n) is 7.79. The van der Waals surface area contributed by atoms with Crippen LogP contribution < -0.4 is 0 Å². The number of carbonyl (C=O) groups is 1. The first kappa shape index (κ1) is 9.96. The smallest absolute Gasteiger partial charge is 0.309 e.